The Morgan fingerprint density at radius 1 is 1.48 bits per heavy atom. The number of aromatic nitrogens is 2. The van der Waals surface area contributed by atoms with E-state index < -0.39 is 5.60 Å². The molecule has 0 spiro atoms. The van der Waals surface area contributed by atoms with Crippen LogP contribution in [0.3, 0.4) is 0 Å². The van der Waals surface area contributed by atoms with Crippen molar-refractivity contribution in [2.24, 2.45) is 0 Å². The minimum absolute atomic E-state index is 0.139. The van der Waals surface area contributed by atoms with Crippen molar-refractivity contribution in [3.63, 3.8) is 0 Å². The van der Waals surface area contributed by atoms with Crippen molar-refractivity contribution < 1.29 is 13.9 Å². The molecule has 1 heterocycles. The average molecular weight is 309 g/mol. The summed E-state index contributed by atoms with van der Waals surface area (Å²) in [4.78, 5) is 12.5. The van der Waals surface area contributed by atoms with Crippen molar-refractivity contribution in [2.45, 2.75) is 19.4 Å². The molecule has 0 aliphatic heterocycles. The fraction of sp³-hybridized carbons (Fsp3) is 0.357. The molecular formula is C14H16FN3O2S. The largest absolute Gasteiger partial charge is 0.372 e. The summed E-state index contributed by atoms with van der Waals surface area (Å²) in [5.74, 6) is -0.658. The first-order chi connectivity index (χ1) is 9.98. The monoisotopic (exact) mass is 309 g/mol. The van der Waals surface area contributed by atoms with Crippen LogP contribution in [0.15, 0.2) is 24.3 Å². The number of methoxy groups -OCH3 is 1. The third-order valence-electron chi connectivity index (χ3n) is 3.34. The van der Waals surface area contributed by atoms with Crippen LogP contribution in [0.1, 0.15) is 27.9 Å². The molecule has 0 aliphatic carbocycles. The smallest absolute Gasteiger partial charge is 0.265 e. The van der Waals surface area contributed by atoms with Gasteiger partial charge in [0.05, 0.1) is 12.2 Å². The van der Waals surface area contributed by atoms with Gasteiger partial charge in [0.15, 0.2) is 0 Å². The second-order valence-corrected chi connectivity index (χ2v) is 5.54. The molecule has 0 fully saturated rings. The van der Waals surface area contributed by atoms with Gasteiger partial charge in [0, 0.05) is 12.7 Å². The second-order valence-electron chi connectivity index (χ2n) is 4.78. The molecule has 0 aliphatic rings. The van der Waals surface area contributed by atoms with Crippen LogP contribution in [0.25, 0.3) is 0 Å². The van der Waals surface area contributed by atoms with Crippen molar-refractivity contribution in [3.8, 4) is 0 Å². The van der Waals surface area contributed by atoms with Crippen molar-refractivity contribution >= 4 is 17.4 Å². The number of carbonyl (C=O) groups is 1. The van der Waals surface area contributed by atoms with Gasteiger partial charge >= 0.3 is 0 Å². The molecule has 1 atom stereocenters. The summed E-state index contributed by atoms with van der Waals surface area (Å²) >= 11 is 1.03. The number of halogens is 1. The van der Waals surface area contributed by atoms with Crippen LogP contribution in [0.4, 0.5) is 4.39 Å². The zero-order valence-electron chi connectivity index (χ0n) is 12.0. The molecule has 1 unspecified atom stereocenters. The second kappa shape index (κ2) is 6.28. The fourth-order valence-electron chi connectivity index (χ4n) is 1.94. The summed E-state index contributed by atoms with van der Waals surface area (Å²) in [5, 5.41) is 6.53. The van der Waals surface area contributed by atoms with Gasteiger partial charge in [0.25, 0.3) is 5.91 Å². The van der Waals surface area contributed by atoms with Crippen LogP contribution in [0.5, 0.6) is 0 Å². The van der Waals surface area contributed by atoms with Gasteiger partial charge in [0.1, 0.15) is 16.3 Å². The van der Waals surface area contributed by atoms with Crippen LogP contribution in [0, 0.1) is 12.7 Å². The minimum atomic E-state index is -0.951. The van der Waals surface area contributed by atoms with Crippen LogP contribution < -0.4 is 5.32 Å². The Labute approximate surface area is 126 Å². The van der Waals surface area contributed by atoms with E-state index in [1.807, 2.05) is 0 Å². The Bertz CT molecular complexity index is 647. The Kier molecular flexibility index (Phi) is 4.64. The highest BCUT2D eigenvalue weighted by Gasteiger charge is 2.30. The number of carbonyl (C=O) groups excluding carboxylic acids is 1. The van der Waals surface area contributed by atoms with E-state index in [-0.39, 0.29) is 18.3 Å². The number of hydrogen-bond donors (Lipinski definition) is 1. The van der Waals surface area contributed by atoms with Gasteiger partial charge in [-0.3, -0.25) is 4.79 Å². The Morgan fingerprint density at radius 3 is 2.76 bits per heavy atom. The first-order valence-electron chi connectivity index (χ1n) is 6.35. The Balaban J connectivity index is 2.14. The normalized spacial score (nSPS) is 13.7. The molecule has 7 heteroatoms. The average Bonchev–Trinajstić information content (AvgIpc) is 2.91. The molecule has 112 valence electrons. The number of benzene rings is 1. The van der Waals surface area contributed by atoms with Gasteiger partial charge in [-0.15, -0.1) is 5.10 Å². The first kappa shape index (κ1) is 15.5. The molecule has 0 radical (unpaired) electrons. The van der Waals surface area contributed by atoms with Crippen LogP contribution in [0.2, 0.25) is 0 Å². The van der Waals surface area contributed by atoms with Gasteiger partial charge in [0.2, 0.25) is 0 Å². The topological polar surface area (TPSA) is 64.1 Å². The van der Waals surface area contributed by atoms with Crippen LogP contribution in [-0.2, 0) is 10.3 Å². The molecular weight excluding hydrogens is 293 g/mol. The summed E-state index contributed by atoms with van der Waals surface area (Å²) in [6.45, 7) is 3.58. The predicted molar refractivity (Wildman–Crippen MR) is 77.7 cm³/mol. The number of nitrogens with one attached hydrogen (secondary N) is 1. The van der Waals surface area contributed by atoms with Gasteiger partial charge < -0.3 is 10.1 Å². The zero-order valence-corrected chi connectivity index (χ0v) is 12.8. The summed E-state index contributed by atoms with van der Waals surface area (Å²) in [5.41, 5.74) is 0.0157. The van der Waals surface area contributed by atoms with E-state index in [0.29, 0.717) is 16.1 Å². The summed E-state index contributed by atoms with van der Waals surface area (Å²) in [6, 6.07) is 6.35. The lowest BCUT2D eigenvalue weighted by atomic mass is 9.95. The quantitative estimate of drug-likeness (QED) is 0.920. The van der Waals surface area contributed by atoms with E-state index >= 15 is 0 Å². The summed E-state index contributed by atoms with van der Waals surface area (Å²) < 4.78 is 23.1. The SMILES string of the molecule is COC(C)(CNC(=O)c1snnc1C)c1ccccc1F. The lowest BCUT2D eigenvalue weighted by Crippen LogP contribution is -2.40. The van der Waals surface area contributed by atoms with Gasteiger partial charge in [-0.2, -0.15) is 0 Å². The van der Waals surface area contributed by atoms with E-state index in [4.69, 9.17) is 4.74 Å². The molecule has 2 rings (SSSR count). The minimum Gasteiger partial charge on any atom is -0.372 e. The van der Waals surface area contributed by atoms with Crippen LogP contribution in [-0.4, -0.2) is 29.1 Å². The van der Waals surface area contributed by atoms with Crippen molar-refractivity contribution in [1.82, 2.24) is 14.9 Å². The molecule has 1 amide bonds. The maximum absolute atomic E-state index is 13.9. The first-order valence-corrected chi connectivity index (χ1v) is 7.12. The molecule has 1 aromatic heterocycles. The fourth-order valence-corrected chi connectivity index (χ4v) is 2.51. The van der Waals surface area contributed by atoms with E-state index in [9.17, 15) is 9.18 Å². The number of rotatable bonds is 5. The molecule has 1 N–H and O–H groups in total. The van der Waals surface area contributed by atoms with Crippen molar-refractivity contribution in [2.75, 3.05) is 13.7 Å². The van der Waals surface area contributed by atoms with Gasteiger partial charge in [-0.25, -0.2) is 4.39 Å². The van der Waals surface area contributed by atoms with E-state index in [1.165, 1.54) is 13.2 Å². The van der Waals surface area contributed by atoms with Gasteiger partial charge in [-0.05, 0) is 31.4 Å². The molecule has 1 aromatic carbocycles. The van der Waals surface area contributed by atoms with Crippen LogP contribution >= 0.6 is 11.5 Å². The molecule has 0 bridgehead atoms. The van der Waals surface area contributed by atoms with Gasteiger partial charge in [-0.1, -0.05) is 22.7 Å². The number of ether oxygens (including phenoxy) is 1. The van der Waals surface area contributed by atoms with Crippen molar-refractivity contribution in [1.29, 1.82) is 0 Å². The van der Waals surface area contributed by atoms with E-state index in [0.717, 1.165) is 11.5 Å². The van der Waals surface area contributed by atoms with E-state index in [1.54, 1.807) is 32.0 Å². The highest BCUT2D eigenvalue weighted by molar-refractivity contribution is 7.07. The number of amides is 1. The lowest BCUT2D eigenvalue weighted by Gasteiger charge is -2.29. The standard InChI is InChI=1S/C14H16FN3O2S/c1-9-12(21-18-17-9)13(19)16-8-14(2,20-3)10-6-4-5-7-11(10)15/h4-7H,8H2,1-3H3,(H,16,19). The molecule has 5 nitrogen and oxygen atoms in total. The third-order valence-corrected chi connectivity index (χ3v) is 4.16. The molecule has 0 saturated heterocycles. The zero-order chi connectivity index (χ0) is 15.5. The molecule has 2 aromatic rings. The molecule has 21 heavy (non-hydrogen) atoms. The number of aryl methyl sites for hydroxylation is 1. The van der Waals surface area contributed by atoms with Crippen molar-refractivity contribution in [3.05, 3.63) is 46.2 Å². The third kappa shape index (κ3) is 3.25. The lowest BCUT2D eigenvalue weighted by molar-refractivity contribution is 0.000414. The summed E-state index contributed by atoms with van der Waals surface area (Å²) in [7, 11) is 1.48. The number of hydrogen-bond acceptors (Lipinski definition) is 5. The maximum Gasteiger partial charge on any atom is 0.265 e. The highest BCUT2D eigenvalue weighted by Crippen LogP contribution is 2.26. The molecule has 0 saturated carbocycles. The van der Waals surface area contributed by atoms with E-state index in [2.05, 4.69) is 14.9 Å². The summed E-state index contributed by atoms with van der Waals surface area (Å²) in [6.07, 6.45) is 0. The Morgan fingerprint density at radius 2 is 2.19 bits per heavy atom. The number of nitrogens with zero attached hydrogens (tertiary/aromatic N) is 2. The maximum atomic E-state index is 13.9. The predicted octanol–water partition coefficient (Wildman–Crippen LogP) is 2.28. The Hall–Kier alpha value is -1.86. The highest BCUT2D eigenvalue weighted by atomic mass is 32.1.